The van der Waals surface area contributed by atoms with E-state index in [-0.39, 0.29) is 25.9 Å². The van der Waals surface area contributed by atoms with Crippen LogP contribution in [-0.2, 0) is 42.9 Å². The van der Waals surface area contributed by atoms with Crippen LogP contribution >= 0.6 is 0 Å². The van der Waals surface area contributed by atoms with E-state index in [0.29, 0.717) is 19.3 Å². The maximum atomic E-state index is 13.1. The van der Waals surface area contributed by atoms with Crippen molar-refractivity contribution < 1.29 is 58.2 Å². The lowest BCUT2D eigenvalue weighted by Crippen LogP contribution is -2.61. The van der Waals surface area contributed by atoms with Crippen molar-refractivity contribution in [3.05, 3.63) is 60.8 Å². The van der Waals surface area contributed by atoms with Crippen LogP contribution in [0, 0.1) is 0 Å². The highest BCUT2D eigenvalue weighted by Crippen LogP contribution is 2.26. The van der Waals surface area contributed by atoms with E-state index in [1.165, 1.54) is 89.9 Å². The maximum Gasteiger partial charge on any atom is 0.335 e. The van der Waals surface area contributed by atoms with Gasteiger partial charge in [-0.15, -0.1) is 0 Å². The van der Waals surface area contributed by atoms with Gasteiger partial charge in [0.1, 0.15) is 18.8 Å². The van der Waals surface area contributed by atoms with Gasteiger partial charge < -0.3 is 39.0 Å². The van der Waals surface area contributed by atoms with E-state index in [2.05, 4.69) is 81.5 Å². The molecule has 444 valence electrons. The van der Waals surface area contributed by atoms with E-state index in [1.54, 1.807) is 0 Å². The second-order valence-electron chi connectivity index (χ2n) is 21.3. The molecule has 6 unspecified atom stereocenters. The number of carbonyl (C=O) groups is 4. The molecule has 0 aromatic heterocycles. The van der Waals surface area contributed by atoms with E-state index >= 15 is 0 Å². The van der Waals surface area contributed by atoms with E-state index in [0.717, 1.165) is 128 Å². The monoisotopic (exact) mass is 1080 g/mol. The predicted octanol–water partition coefficient (Wildman–Crippen LogP) is 16.3. The van der Waals surface area contributed by atoms with E-state index in [1.807, 2.05) is 0 Å². The zero-order valence-electron chi connectivity index (χ0n) is 49.0. The number of aliphatic hydroxyl groups is 2. The Hall–Kier alpha value is -3.58. The van der Waals surface area contributed by atoms with E-state index in [9.17, 15) is 34.5 Å². The van der Waals surface area contributed by atoms with Crippen LogP contribution in [0.2, 0.25) is 0 Å². The number of esters is 3. The van der Waals surface area contributed by atoms with Crippen molar-refractivity contribution in [1.82, 2.24) is 0 Å². The molecule has 77 heavy (non-hydrogen) atoms. The predicted molar refractivity (Wildman–Crippen MR) is 312 cm³/mol. The highest BCUT2D eigenvalue weighted by molar-refractivity contribution is 5.74. The molecule has 0 aliphatic carbocycles. The molecule has 0 spiro atoms. The van der Waals surface area contributed by atoms with Crippen molar-refractivity contribution in [1.29, 1.82) is 0 Å². The fraction of sp³-hybridized carbons (Fsp3) is 0.785. The van der Waals surface area contributed by atoms with Crippen LogP contribution in [0.15, 0.2) is 60.8 Å². The molecule has 0 aromatic rings. The molecule has 1 rings (SSSR count). The summed E-state index contributed by atoms with van der Waals surface area (Å²) in [6.45, 7) is 5.89. The Bertz CT molecular complexity index is 1570. The Labute approximate surface area is 468 Å². The molecule has 1 fully saturated rings. The number of unbranched alkanes of at least 4 members (excludes halogenated alkanes) is 29. The van der Waals surface area contributed by atoms with Crippen molar-refractivity contribution >= 4 is 23.9 Å². The van der Waals surface area contributed by atoms with Crippen molar-refractivity contribution in [3.63, 3.8) is 0 Å². The number of carboxylic acid groups (broad SMARTS) is 1. The minimum absolute atomic E-state index is 0.0553. The van der Waals surface area contributed by atoms with Gasteiger partial charge in [-0.3, -0.25) is 14.4 Å². The van der Waals surface area contributed by atoms with Crippen LogP contribution in [0.4, 0.5) is 0 Å². The van der Waals surface area contributed by atoms with Gasteiger partial charge in [0.2, 0.25) is 0 Å². The maximum absolute atomic E-state index is 13.1. The second-order valence-corrected chi connectivity index (χ2v) is 21.3. The first kappa shape index (κ1) is 71.4. The average Bonchev–Trinajstić information content (AvgIpc) is 3.42. The molecule has 0 radical (unpaired) electrons. The van der Waals surface area contributed by atoms with Gasteiger partial charge in [-0.2, -0.15) is 0 Å². The van der Waals surface area contributed by atoms with Gasteiger partial charge in [0.25, 0.3) is 0 Å². The quantitative estimate of drug-likeness (QED) is 0.0228. The molecule has 3 N–H and O–H groups in total. The largest absolute Gasteiger partial charge is 0.479 e. The number of aliphatic hydroxyl groups excluding tert-OH is 2. The topological polar surface area (TPSA) is 175 Å². The van der Waals surface area contributed by atoms with Crippen molar-refractivity contribution in [2.75, 3.05) is 13.2 Å². The Morgan fingerprint density at radius 3 is 1.26 bits per heavy atom. The molecular formula is C65H112O12. The molecule has 6 atom stereocenters. The third kappa shape index (κ3) is 43.0. The number of rotatable bonds is 53. The average molecular weight is 1090 g/mol. The number of hydrogen-bond acceptors (Lipinski definition) is 11. The summed E-state index contributed by atoms with van der Waals surface area (Å²) in [5, 5.41) is 31.5. The van der Waals surface area contributed by atoms with Crippen LogP contribution < -0.4 is 0 Å². The summed E-state index contributed by atoms with van der Waals surface area (Å²) >= 11 is 0. The van der Waals surface area contributed by atoms with Gasteiger partial charge in [-0.1, -0.05) is 216 Å². The fourth-order valence-corrected chi connectivity index (χ4v) is 9.20. The zero-order chi connectivity index (χ0) is 56.1. The smallest absolute Gasteiger partial charge is 0.335 e. The first-order chi connectivity index (χ1) is 37.6. The Morgan fingerprint density at radius 2 is 0.805 bits per heavy atom. The minimum atomic E-state index is -1.91. The number of hydrogen-bond donors (Lipinski definition) is 3. The normalized spacial score (nSPS) is 18.4. The number of ether oxygens (including phenoxy) is 5. The molecule has 12 nitrogen and oxygen atoms in total. The van der Waals surface area contributed by atoms with Gasteiger partial charge >= 0.3 is 23.9 Å². The number of carbonyl (C=O) groups excluding carboxylic acids is 3. The summed E-state index contributed by atoms with van der Waals surface area (Å²) in [5.74, 6) is -3.15. The fourth-order valence-electron chi connectivity index (χ4n) is 9.20. The first-order valence-electron chi connectivity index (χ1n) is 31.3. The van der Waals surface area contributed by atoms with Crippen LogP contribution in [-0.4, -0.2) is 89.2 Å². The molecular weight excluding hydrogens is 973 g/mol. The minimum Gasteiger partial charge on any atom is -0.479 e. The molecule has 0 aromatic carbocycles. The van der Waals surface area contributed by atoms with Gasteiger partial charge in [0.05, 0.1) is 6.61 Å². The molecule has 1 aliphatic heterocycles. The summed E-state index contributed by atoms with van der Waals surface area (Å²) in [5.41, 5.74) is 0. The van der Waals surface area contributed by atoms with Gasteiger partial charge in [-0.25, -0.2) is 4.79 Å². The zero-order valence-corrected chi connectivity index (χ0v) is 49.0. The van der Waals surface area contributed by atoms with Crippen LogP contribution in [0.1, 0.15) is 278 Å². The molecule has 1 saturated heterocycles. The van der Waals surface area contributed by atoms with Gasteiger partial charge in [0, 0.05) is 19.3 Å². The number of aliphatic carboxylic acids is 1. The number of carboxylic acids is 1. The lowest BCUT2D eigenvalue weighted by atomic mass is 9.98. The number of allylic oxidation sites excluding steroid dienone is 10. The highest BCUT2D eigenvalue weighted by Gasteiger charge is 2.50. The highest BCUT2D eigenvalue weighted by atomic mass is 16.7. The molecule has 1 heterocycles. The Morgan fingerprint density at radius 1 is 0.429 bits per heavy atom. The summed E-state index contributed by atoms with van der Waals surface area (Å²) in [4.78, 5) is 51.2. The van der Waals surface area contributed by atoms with E-state index in [4.69, 9.17) is 23.7 Å². The molecule has 0 bridgehead atoms. The van der Waals surface area contributed by atoms with Crippen molar-refractivity contribution in [2.24, 2.45) is 0 Å². The lowest BCUT2D eigenvalue weighted by molar-refractivity contribution is -0.301. The molecule has 12 heteroatoms. The van der Waals surface area contributed by atoms with Crippen LogP contribution in [0.25, 0.3) is 0 Å². The summed E-state index contributed by atoms with van der Waals surface area (Å²) < 4.78 is 28.5. The van der Waals surface area contributed by atoms with Crippen molar-refractivity contribution in [2.45, 2.75) is 314 Å². The summed E-state index contributed by atoms with van der Waals surface area (Å²) in [6, 6.07) is 0. The van der Waals surface area contributed by atoms with Crippen LogP contribution in [0.3, 0.4) is 0 Å². The third-order valence-corrected chi connectivity index (χ3v) is 14.0. The van der Waals surface area contributed by atoms with Gasteiger partial charge in [-0.05, 0) is 103 Å². The first-order valence-corrected chi connectivity index (χ1v) is 31.3. The Balaban J connectivity index is 2.66. The Kier molecular flexibility index (Phi) is 49.2. The second kappa shape index (κ2) is 53.1. The summed E-state index contributed by atoms with van der Waals surface area (Å²) in [7, 11) is 0. The SMILES string of the molecule is CCC/C=C\C/C=C\CCCCCCCC(=O)OC(COC(=O)CCCCCCC/C=C\C/C=C\CCCCC)COC1OC(C(=O)O)C(O)C(O)C1OC(=O)CCCCCCCCCCC/C=C\CCCCCCCC. The lowest BCUT2D eigenvalue weighted by Gasteiger charge is -2.40. The third-order valence-electron chi connectivity index (χ3n) is 14.0. The van der Waals surface area contributed by atoms with Gasteiger partial charge in [0.15, 0.2) is 24.6 Å². The summed E-state index contributed by atoms with van der Waals surface area (Å²) in [6.07, 6.45) is 53.2. The van der Waals surface area contributed by atoms with Crippen molar-refractivity contribution in [3.8, 4) is 0 Å². The standard InChI is InChI=1S/C65H112O12/c1-4-7-10-13-16-19-22-25-27-28-29-30-32-35-38-41-44-47-50-53-59(68)76-63-61(70)60(69)62(64(71)72)77-65(63)74-55-56(75-58(67)52-49-46-43-40-37-33-24-21-18-15-12-9-6-3)54-73-57(66)51-48-45-42-39-36-34-31-26-23-20-17-14-11-8-5-2/h12,15,17,20-21,24-27,31,56,60-63,65,69-70H,4-11,13-14,16,18-19,22-23,28-30,32-55H2,1-3H3,(H,71,72)/b15-12-,20-17-,24-21-,27-25-,31-26-. The van der Waals surface area contributed by atoms with Crippen LogP contribution in [0.5, 0.6) is 0 Å². The van der Waals surface area contributed by atoms with E-state index < -0.39 is 67.3 Å². The molecule has 0 amide bonds. The molecule has 0 saturated carbocycles. The molecule has 1 aliphatic rings.